The normalized spacial score (nSPS) is 18.9. The quantitative estimate of drug-likeness (QED) is 0.526. The van der Waals surface area contributed by atoms with E-state index in [0.717, 1.165) is 18.7 Å². The smallest absolute Gasteiger partial charge is 0.253 e. The summed E-state index contributed by atoms with van der Waals surface area (Å²) in [5, 5.41) is 2.69. The average molecular weight is 542 g/mol. The van der Waals surface area contributed by atoms with Gasteiger partial charge in [0.15, 0.2) is 15.7 Å². The Hall–Kier alpha value is -3.93. The molecule has 2 atom stereocenters. The molecule has 3 heterocycles. The highest BCUT2D eigenvalue weighted by atomic mass is 32.2. The standard InChI is InChI=1S/C26H25F2N5O4S/c1-15(34)33-14-17-10-20(38(2,36)37)5-6-21(17)25(33)26(35)31-23-12-30-24(13-29-23)32-7-3-4-22(32)16-8-18(27)11-19(28)9-16/h5-6,8-13,22,25H,3-4,7,14H2,1-2H3,(H,29,31,35)/t22-,25+/m0/s1. The molecule has 2 aromatic carbocycles. The zero-order valence-electron chi connectivity index (χ0n) is 20.7. The first-order valence-electron chi connectivity index (χ1n) is 12.0. The van der Waals surface area contributed by atoms with Crippen molar-refractivity contribution in [3.63, 3.8) is 0 Å². The number of halogens is 2. The van der Waals surface area contributed by atoms with Crippen molar-refractivity contribution in [1.82, 2.24) is 14.9 Å². The Labute approximate surface area is 218 Å². The van der Waals surface area contributed by atoms with Gasteiger partial charge in [0.1, 0.15) is 23.5 Å². The molecule has 2 aliphatic heterocycles. The predicted molar refractivity (Wildman–Crippen MR) is 135 cm³/mol. The van der Waals surface area contributed by atoms with E-state index in [1.165, 1.54) is 48.5 Å². The minimum absolute atomic E-state index is 0.105. The molecule has 9 nitrogen and oxygen atoms in total. The van der Waals surface area contributed by atoms with Gasteiger partial charge in [-0.3, -0.25) is 9.59 Å². The first-order chi connectivity index (χ1) is 18.0. The summed E-state index contributed by atoms with van der Waals surface area (Å²) in [6, 6.07) is 6.70. The minimum atomic E-state index is -3.45. The summed E-state index contributed by atoms with van der Waals surface area (Å²) in [6.07, 6.45) is 5.47. The largest absolute Gasteiger partial charge is 0.348 e. The number of nitrogens with zero attached hydrogens (tertiary/aromatic N) is 4. The van der Waals surface area contributed by atoms with Gasteiger partial charge in [0.25, 0.3) is 5.91 Å². The molecule has 0 unspecified atom stereocenters. The first kappa shape index (κ1) is 25.7. The van der Waals surface area contributed by atoms with Gasteiger partial charge in [-0.15, -0.1) is 0 Å². The van der Waals surface area contributed by atoms with E-state index < -0.39 is 33.4 Å². The monoisotopic (exact) mass is 541 g/mol. The van der Waals surface area contributed by atoms with Gasteiger partial charge in [-0.1, -0.05) is 6.07 Å². The second-order valence-electron chi connectivity index (χ2n) is 9.49. The molecule has 198 valence electrons. The van der Waals surface area contributed by atoms with E-state index in [-0.39, 0.29) is 29.2 Å². The van der Waals surface area contributed by atoms with Crippen molar-refractivity contribution in [3.05, 3.63) is 77.1 Å². The molecule has 12 heteroatoms. The lowest BCUT2D eigenvalue weighted by Crippen LogP contribution is -2.35. The topological polar surface area (TPSA) is 113 Å². The number of amides is 2. The van der Waals surface area contributed by atoms with Crippen LogP contribution in [0.25, 0.3) is 0 Å². The fourth-order valence-electron chi connectivity index (χ4n) is 5.12. The summed E-state index contributed by atoms with van der Waals surface area (Å²) < 4.78 is 51.4. The van der Waals surface area contributed by atoms with Crippen LogP contribution in [0.3, 0.4) is 0 Å². The number of nitrogens with one attached hydrogen (secondary N) is 1. The van der Waals surface area contributed by atoms with Gasteiger partial charge in [0.05, 0.1) is 23.3 Å². The van der Waals surface area contributed by atoms with E-state index in [1.54, 1.807) is 6.07 Å². The van der Waals surface area contributed by atoms with Crippen molar-refractivity contribution < 1.29 is 26.8 Å². The molecular weight excluding hydrogens is 516 g/mol. The van der Waals surface area contributed by atoms with Gasteiger partial charge in [0, 0.05) is 32.3 Å². The van der Waals surface area contributed by atoms with Crippen LogP contribution in [-0.2, 0) is 26.0 Å². The number of sulfone groups is 1. The summed E-state index contributed by atoms with van der Waals surface area (Å²) in [4.78, 5) is 37.6. The van der Waals surface area contributed by atoms with E-state index in [9.17, 15) is 26.8 Å². The molecule has 1 N–H and O–H groups in total. The number of benzene rings is 2. The Bertz CT molecular complexity index is 1510. The molecule has 38 heavy (non-hydrogen) atoms. The number of hydrogen-bond donors (Lipinski definition) is 1. The highest BCUT2D eigenvalue weighted by Gasteiger charge is 2.38. The zero-order chi connectivity index (χ0) is 27.2. The minimum Gasteiger partial charge on any atom is -0.348 e. The average Bonchev–Trinajstić information content (AvgIpc) is 3.48. The van der Waals surface area contributed by atoms with E-state index in [0.29, 0.717) is 35.5 Å². The number of anilines is 2. The van der Waals surface area contributed by atoms with E-state index in [1.807, 2.05) is 4.90 Å². The fraction of sp³-hybridized carbons (Fsp3) is 0.308. The van der Waals surface area contributed by atoms with Crippen molar-refractivity contribution in [2.45, 2.75) is 43.3 Å². The van der Waals surface area contributed by atoms with Crippen LogP contribution < -0.4 is 10.2 Å². The Morgan fingerprint density at radius 3 is 2.42 bits per heavy atom. The highest BCUT2D eigenvalue weighted by molar-refractivity contribution is 7.90. The molecule has 0 spiro atoms. The maximum absolute atomic E-state index is 13.8. The third-order valence-electron chi connectivity index (χ3n) is 6.85. The molecule has 3 aromatic rings. The zero-order valence-corrected chi connectivity index (χ0v) is 21.5. The lowest BCUT2D eigenvalue weighted by atomic mass is 10.0. The van der Waals surface area contributed by atoms with Gasteiger partial charge < -0.3 is 15.1 Å². The van der Waals surface area contributed by atoms with Crippen LogP contribution in [0.15, 0.2) is 53.7 Å². The molecule has 2 aliphatic rings. The first-order valence-corrected chi connectivity index (χ1v) is 13.9. The fourth-order valence-corrected chi connectivity index (χ4v) is 5.79. The Kier molecular flexibility index (Phi) is 6.59. The van der Waals surface area contributed by atoms with E-state index >= 15 is 0 Å². The van der Waals surface area contributed by atoms with Crippen LogP contribution in [0, 0.1) is 11.6 Å². The summed E-state index contributed by atoms with van der Waals surface area (Å²) in [5.74, 6) is -1.47. The molecule has 0 bridgehead atoms. The van der Waals surface area contributed by atoms with Gasteiger partial charge in [0.2, 0.25) is 5.91 Å². The lowest BCUT2D eigenvalue weighted by Gasteiger charge is -2.26. The van der Waals surface area contributed by atoms with Gasteiger partial charge in [-0.05, 0) is 53.8 Å². The maximum Gasteiger partial charge on any atom is 0.253 e. The number of carbonyl (C=O) groups is 2. The van der Waals surface area contributed by atoms with Crippen LogP contribution in [0.4, 0.5) is 20.4 Å². The summed E-state index contributed by atoms with van der Waals surface area (Å²) in [5.41, 5.74) is 1.64. The number of carbonyl (C=O) groups excluding carboxylic acids is 2. The predicted octanol–water partition coefficient (Wildman–Crippen LogP) is 3.54. The summed E-state index contributed by atoms with van der Waals surface area (Å²) in [7, 11) is -3.45. The molecule has 5 rings (SSSR count). The Morgan fingerprint density at radius 1 is 1.05 bits per heavy atom. The number of hydrogen-bond acceptors (Lipinski definition) is 7. The molecule has 2 amide bonds. The molecule has 1 fully saturated rings. The molecular formula is C26H25F2N5O4S. The second-order valence-corrected chi connectivity index (χ2v) is 11.5. The second kappa shape index (κ2) is 9.75. The van der Waals surface area contributed by atoms with Gasteiger partial charge in [-0.2, -0.15) is 0 Å². The Balaban J connectivity index is 1.35. The van der Waals surface area contributed by atoms with Crippen molar-refractivity contribution in [2.75, 3.05) is 23.0 Å². The SMILES string of the molecule is CC(=O)N1Cc2cc(S(C)(=O)=O)ccc2[C@@H]1C(=O)Nc1cnc(N2CCC[C@H]2c2cc(F)cc(F)c2)cn1. The van der Waals surface area contributed by atoms with E-state index in [2.05, 4.69) is 15.3 Å². The van der Waals surface area contributed by atoms with Gasteiger partial charge in [-0.25, -0.2) is 27.2 Å². The summed E-state index contributed by atoms with van der Waals surface area (Å²) in [6.45, 7) is 2.08. The molecule has 0 aliphatic carbocycles. The molecule has 1 saturated heterocycles. The number of aromatic nitrogens is 2. The third kappa shape index (κ3) is 4.95. The number of rotatable bonds is 5. The van der Waals surface area contributed by atoms with Crippen molar-refractivity contribution in [1.29, 1.82) is 0 Å². The van der Waals surface area contributed by atoms with Crippen molar-refractivity contribution in [2.24, 2.45) is 0 Å². The van der Waals surface area contributed by atoms with Crippen LogP contribution in [0.2, 0.25) is 0 Å². The van der Waals surface area contributed by atoms with Crippen LogP contribution in [0.1, 0.15) is 48.5 Å². The van der Waals surface area contributed by atoms with Crippen LogP contribution in [0.5, 0.6) is 0 Å². The maximum atomic E-state index is 13.8. The highest BCUT2D eigenvalue weighted by Crippen LogP contribution is 2.37. The Morgan fingerprint density at radius 2 is 1.79 bits per heavy atom. The van der Waals surface area contributed by atoms with Gasteiger partial charge >= 0.3 is 0 Å². The van der Waals surface area contributed by atoms with Crippen molar-refractivity contribution >= 4 is 33.3 Å². The van der Waals surface area contributed by atoms with Crippen LogP contribution >= 0.6 is 0 Å². The van der Waals surface area contributed by atoms with Crippen molar-refractivity contribution in [3.8, 4) is 0 Å². The molecule has 0 saturated carbocycles. The van der Waals surface area contributed by atoms with Crippen LogP contribution in [-0.4, -0.2) is 47.9 Å². The van der Waals surface area contributed by atoms with E-state index in [4.69, 9.17) is 0 Å². The number of fused-ring (bicyclic) bond motifs is 1. The lowest BCUT2D eigenvalue weighted by molar-refractivity contribution is -0.136. The molecule has 1 aromatic heterocycles. The summed E-state index contributed by atoms with van der Waals surface area (Å²) >= 11 is 0. The molecule has 0 radical (unpaired) electrons. The third-order valence-corrected chi connectivity index (χ3v) is 7.96.